The summed E-state index contributed by atoms with van der Waals surface area (Å²) in [4.78, 5) is 13.5. The zero-order valence-electron chi connectivity index (χ0n) is 17.3. The zero-order chi connectivity index (χ0) is 22.1. The monoisotopic (exact) mass is 444 g/mol. The maximum atomic E-state index is 11.7. The standard InChI is InChI=1S/C23H20N6O2S/c1-32(30,31)21-7-5-20(6-8-21)29-11-9-18-14-25-23(27-22(18)29)26-19-4-2-3-17(13-19)15-28-12-10-24-16-28/h2-14,16H,15H2,1H3,(H,25,26,27). The van der Waals surface area contributed by atoms with Crippen molar-refractivity contribution in [3.05, 3.63) is 91.3 Å². The van der Waals surface area contributed by atoms with Crippen molar-refractivity contribution in [1.82, 2.24) is 24.1 Å². The van der Waals surface area contributed by atoms with Crippen LogP contribution in [0.5, 0.6) is 0 Å². The Bertz CT molecular complexity index is 1490. The van der Waals surface area contributed by atoms with E-state index in [1.807, 2.05) is 39.7 Å². The number of rotatable bonds is 6. The minimum atomic E-state index is -3.24. The van der Waals surface area contributed by atoms with E-state index in [2.05, 4.69) is 27.4 Å². The summed E-state index contributed by atoms with van der Waals surface area (Å²) in [6.07, 6.45) is 10.3. The molecule has 0 aliphatic rings. The van der Waals surface area contributed by atoms with E-state index in [1.165, 1.54) is 6.26 Å². The summed E-state index contributed by atoms with van der Waals surface area (Å²) >= 11 is 0. The molecule has 0 aliphatic carbocycles. The third kappa shape index (κ3) is 4.10. The molecule has 3 aromatic heterocycles. The zero-order valence-corrected chi connectivity index (χ0v) is 18.1. The molecular weight excluding hydrogens is 424 g/mol. The summed E-state index contributed by atoms with van der Waals surface area (Å²) in [6, 6.07) is 16.7. The Hall–Kier alpha value is -3.98. The normalized spacial score (nSPS) is 11.7. The van der Waals surface area contributed by atoms with Crippen LogP contribution in [0.15, 0.2) is 90.6 Å². The van der Waals surface area contributed by atoms with E-state index < -0.39 is 9.84 Å². The van der Waals surface area contributed by atoms with Gasteiger partial charge < -0.3 is 14.5 Å². The molecule has 32 heavy (non-hydrogen) atoms. The summed E-state index contributed by atoms with van der Waals surface area (Å²) < 4.78 is 27.4. The summed E-state index contributed by atoms with van der Waals surface area (Å²) in [5, 5.41) is 4.16. The van der Waals surface area contributed by atoms with Crippen LogP contribution in [0.4, 0.5) is 11.6 Å². The van der Waals surface area contributed by atoms with Crippen LogP contribution in [0.1, 0.15) is 5.56 Å². The second-order valence-corrected chi connectivity index (χ2v) is 9.50. The predicted octanol–water partition coefficient (Wildman–Crippen LogP) is 3.81. The molecule has 0 saturated carbocycles. The van der Waals surface area contributed by atoms with Gasteiger partial charge in [0.2, 0.25) is 5.95 Å². The topological polar surface area (TPSA) is 94.7 Å². The van der Waals surface area contributed by atoms with Crippen LogP contribution < -0.4 is 5.32 Å². The van der Waals surface area contributed by atoms with Crippen LogP contribution in [-0.2, 0) is 16.4 Å². The van der Waals surface area contributed by atoms with Crippen molar-refractivity contribution in [3.63, 3.8) is 0 Å². The van der Waals surface area contributed by atoms with Crippen molar-refractivity contribution in [2.24, 2.45) is 0 Å². The molecule has 0 fully saturated rings. The van der Waals surface area contributed by atoms with E-state index >= 15 is 0 Å². The van der Waals surface area contributed by atoms with Crippen molar-refractivity contribution < 1.29 is 8.42 Å². The van der Waals surface area contributed by atoms with E-state index in [0.717, 1.165) is 34.5 Å². The number of nitrogens with one attached hydrogen (secondary N) is 1. The maximum absolute atomic E-state index is 11.7. The first-order chi connectivity index (χ1) is 15.5. The molecule has 8 nitrogen and oxygen atoms in total. The van der Waals surface area contributed by atoms with E-state index in [0.29, 0.717) is 5.95 Å². The molecule has 0 radical (unpaired) electrons. The Morgan fingerprint density at radius 1 is 1.03 bits per heavy atom. The first-order valence-corrected chi connectivity index (χ1v) is 11.8. The molecule has 0 amide bonds. The lowest BCUT2D eigenvalue weighted by molar-refractivity contribution is 0.602. The van der Waals surface area contributed by atoms with Gasteiger partial charge in [0, 0.05) is 54.3 Å². The number of imidazole rings is 1. The van der Waals surface area contributed by atoms with Crippen molar-refractivity contribution in [2.45, 2.75) is 11.4 Å². The van der Waals surface area contributed by atoms with E-state index in [4.69, 9.17) is 4.98 Å². The van der Waals surface area contributed by atoms with Crippen molar-refractivity contribution >= 4 is 32.5 Å². The first kappa shape index (κ1) is 20.0. The maximum Gasteiger partial charge on any atom is 0.229 e. The Kier molecular flexibility index (Phi) is 4.95. The van der Waals surface area contributed by atoms with Crippen LogP contribution in [-0.4, -0.2) is 38.8 Å². The number of hydrogen-bond donors (Lipinski definition) is 1. The van der Waals surface area contributed by atoms with Crippen LogP contribution in [0, 0.1) is 0 Å². The smallest absolute Gasteiger partial charge is 0.229 e. The Balaban J connectivity index is 1.43. The van der Waals surface area contributed by atoms with Crippen molar-refractivity contribution in [1.29, 1.82) is 0 Å². The van der Waals surface area contributed by atoms with Gasteiger partial charge in [-0.1, -0.05) is 12.1 Å². The average molecular weight is 445 g/mol. The largest absolute Gasteiger partial charge is 0.333 e. The van der Waals surface area contributed by atoms with Crippen LogP contribution in [0.3, 0.4) is 0 Å². The third-order valence-electron chi connectivity index (χ3n) is 5.08. The number of benzene rings is 2. The molecule has 0 saturated heterocycles. The van der Waals surface area contributed by atoms with Gasteiger partial charge in [-0.3, -0.25) is 0 Å². The first-order valence-electron chi connectivity index (χ1n) is 9.92. The average Bonchev–Trinajstić information content (AvgIpc) is 3.43. The van der Waals surface area contributed by atoms with E-state index in [1.54, 1.807) is 43.0 Å². The van der Waals surface area contributed by atoms with Gasteiger partial charge in [0.25, 0.3) is 0 Å². The Morgan fingerprint density at radius 3 is 2.62 bits per heavy atom. The molecule has 5 aromatic rings. The summed E-state index contributed by atoms with van der Waals surface area (Å²) in [5.41, 5.74) is 3.56. The number of hydrogen-bond acceptors (Lipinski definition) is 6. The Labute approximate surface area is 185 Å². The molecule has 3 heterocycles. The summed E-state index contributed by atoms with van der Waals surface area (Å²) in [7, 11) is -3.24. The Morgan fingerprint density at radius 2 is 1.88 bits per heavy atom. The minimum absolute atomic E-state index is 0.283. The van der Waals surface area contributed by atoms with Gasteiger partial charge in [0.1, 0.15) is 5.65 Å². The molecule has 160 valence electrons. The quantitative estimate of drug-likeness (QED) is 0.428. The van der Waals surface area contributed by atoms with E-state index in [-0.39, 0.29) is 4.90 Å². The van der Waals surface area contributed by atoms with Gasteiger partial charge >= 0.3 is 0 Å². The number of nitrogens with zero attached hydrogens (tertiary/aromatic N) is 5. The lowest BCUT2D eigenvalue weighted by atomic mass is 10.2. The molecular formula is C23H20N6O2S. The molecule has 9 heteroatoms. The van der Waals surface area contributed by atoms with Crippen LogP contribution in [0.2, 0.25) is 0 Å². The van der Waals surface area contributed by atoms with Crippen LogP contribution >= 0.6 is 0 Å². The highest BCUT2D eigenvalue weighted by Gasteiger charge is 2.10. The molecule has 1 N–H and O–H groups in total. The summed E-state index contributed by atoms with van der Waals surface area (Å²) in [6.45, 7) is 0.724. The van der Waals surface area contributed by atoms with Gasteiger partial charge in [-0.15, -0.1) is 0 Å². The van der Waals surface area contributed by atoms with Crippen molar-refractivity contribution in [2.75, 3.05) is 11.6 Å². The fourth-order valence-corrected chi connectivity index (χ4v) is 4.14. The van der Waals surface area contributed by atoms with Crippen molar-refractivity contribution in [3.8, 4) is 5.69 Å². The molecule has 0 aliphatic heterocycles. The SMILES string of the molecule is CS(=O)(=O)c1ccc(-n2ccc3cnc(Nc4cccc(Cn5ccnc5)c4)nc32)cc1. The number of anilines is 2. The number of sulfone groups is 1. The fourth-order valence-electron chi connectivity index (χ4n) is 3.51. The number of fused-ring (bicyclic) bond motifs is 1. The lowest BCUT2D eigenvalue weighted by Gasteiger charge is -2.09. The van der Waals surface area contributed by atoms with Gasteiger partial charge in [-0.05, 0) is 48.0 Å². The molecule has 0 atom stereocenters. The minimum Gasteiger partial charge on any atom is -0.333 e. The molecule has 0 spiro atoms. The van der Waals surface area contributed by atoms with Gasteiger partial charge in [-0.25, -0.2) is 18.4 Å². The molecule has 2 aromatic carbocycles. The molecule has 5 rings (SSSR count). The third-order valence-corrected chi connectivity index (χ3v) is 6.21. The second-order valence-electron chi connectivity index (χ2n) is 7.48. The van der Waals surface area contributed by atoms with Crippen LogP contribution in [0.25, 0.3) is 16.7 Å². The van der Waals surface area contributed by atoms with E-state index in [9.17, 15) is 8.42 Å². The lowest BCUT2D eigenvalue weighted by Crippen LogP contribution is -2.02. The van der Waals surface area contributed by atoms with Gasteiger partial charge in [-0.2, -0.15) is 4.98 Å². The number of aromatic nitrogens is 5. The highest BCUT2D eigenvalue weighted by Crippen LogP contribution is 2.22. The molecule has 0 unspecified atom stereocenters. The predicted molar refractivity (Wildman–Crippen MR) is 123 cm³/mol. The molecule has 0 bridgehead atoms. The van der Waals surface area contributed by atoms with Gasteiger partial charge in [0.15, 0.2) is 9.84 Å². The highest BCUT2D eigenvalue weighted by molar-refractivity contribution is 7.90. The highest BCUT2D eigenvalue weighted by atomic mass is 32.2. The fraction of sp³-hybridized carbons (Fsp3) is 0.0870. The summed E-state index contributed by atoms with van der Waals surface area (Å²) in [5.74, 6) is 0.477. The second kappa shape index (κ2) is 7.93. The van der Waals surface area contributed by atoms with Gasteiger partial charge in [0.05, 0.1) is 11.2 Å².